The fourth-order valence-corrected chi connectivity index (χ4v) is 3.72. The number of aromatic nitrogens is 2. The summed E-state index contributed by atoms with van der Waals surface area (Å²) in [7, 11) is 0. The Kier molecular flexibility index (Phi) is 6.70. The first kappa shape index (κ1) is 21.2. The summed E-state index contributed by atoms with van der Waals surface area (Å²) in [4.78, 5) is 12.5. The van der Waals surface area contributed by atoms with Gasteiger partial charge in [-0.05, 0) is 41.5 Å². The number of hydrogen-bond donors (Lipinski definition) is 1. The molecule has 31 heavy (non-hydrogen) atoms. The molecule has 0 unspecified atom stereocenters. The number of benzene rings is 3. The minimum absolute atomic E-state index is 0.192. The zero-order valence-corrected chi connectivity index (χ0v) is 18.8. The Bertz CT molecular complexity index is 1180. The molecule has 1 amide bonds. The van der Waals surface area contributed by atoms with Gasteiger partial charge in [-0.3, -0.25) is 9.48 Å². The van der Waals surface area contributed by atoms with Crippen LogP contribution < -0.4 is 10.1 Å². The van der Waals surface area contributed by atoms with Gasteiger partial charge in [-0.15, -0.1) is 0 Å². The van der Waals surface area contributed by atoms with Gasteiger partial charge in [-0.2, -0.15) is 5.10 Å². The molecule has 1 aromatic heterocycles. The van der Waals surface area contributed by atoms with E-state index in [0.29, 0.717) is 35.2 Å². The molecule has 0 bridgehead atoms. The maximum Gasteiger partial charge on any atom is 0.255 e. The SMILES string of the molecule is O=C(Nc1cnn(Cc2ccccc2)c1)c1ccc(COc2ccc(Br)cc2Cl)cc1. The van der Waals surface area contributed by atoms with Crippen LogP contribution in [0.1, 0.15) is 21.5 Å². The molecule has 0 spiro atoms. The number of nitrogens with one attached hydrogen (secondary N) is 1. The van der Waals surface area contributed by atoms with Crippen LogP contribution in [0.5, 0.6) is 5.75 Å². The van der Waals surface area contributed by atoms with E-state index in [1.165, 1.54) is 0 Å². The third kappa shape index (κ3) is 5.75. The van der Waals surface area contributed by atoms with E-state index in [-0.39, 0.29) is 5.91 Å². The summed E-state index contributed by atoms with van der Waals surface area (Å²) in [6, 6.07) is 22.8. The molecule has 0 fully saturated rings. The molecule has 1 heterocycles. The van der Waals surface area contributed by atoms with Crippen molar-refractivity contribution in [3.05, 3.63) is 111 Å². The second kappa shape index (κ2) is 9.81. The molecule has 0 saturated carbocycles. The number of carbonyl (C=O) groups excluding carboxylic acids is 1. The number of rotatable bonds is 7. The number of ether oxygens (including phenoxy) is 1. The van der Waals surface area contributed by atoms with Crippen molar-refractivity contribution >= 4 is 39.1 Å². The van der Waals surface area contributed by atoms with Crippen LogP contribution in [0.3, 0.4) is 0 Å². The number of halogens is 2. The summed E-state index contributed by atoms with van der Waals surface area (Å²) < 4.78 is 8.45. The lowest BCUT2D eigenvalue weighted by molar-refractivity contribution is 0.102. The number of hydrogen-bond acceptors (Lipinski definition) is 3. The Balaban J connectivity index is 1.33. The molecule has 0 aliphatic heterocycles. The number of amides is 1. The molecule has 156 valence electrons. The van der Waals surface area contributed by atoms with Gasteiger partial charge >= 0.3 is 0 Å². The zero-order valence-electron chi connectivity index (χ0n) is 16.5. The van der Waals surface area contributed by atoms with Crippen LogP contribution in [-0.2, 0) is 13.2 Å². The van der Waals surface area contributed by atoms with Crippen molar-refractivity contribution in [3.8, 4) is 5.75 Å². The first-order valence-corrected chi connectivity index (χ1v) is 10.8. The largest absolute Gasteiger partial charge is 0.487 e. The fraction of sp³-hybridized carbons (Fsp3) is 0.0833. The minimum atomic E-state index is -0.192. The Hall–Kier alpha value is -3.09. The highest BCUT2D eigenvalue weighted by Gasteiger charge is 2.09. The Morgan fingerprint density at radius 2 is 1.81 bits per heavy atom. The molecule has 1 N–H and O–H groups in total. The van der Waals surface area contributed by atoms with Crippen LogP contribution in [0.25, 0.3) is 0 Å². The van der Waals surface area contributed by atoms with Crippen molar-refractivity contribution in [2.24, 2.45) is 0 Å². The van der Waals surface area contributed by atoms with Gasteiger partial charge in [-0.25, -0.2) is 0 Å². The molecule has 0 atom stereocenters. The van der Waals surface area contributed by atoms with Crippen LogP contribution in [0.4, 0.5) is 5.69 Å². The maximum absolute atomic E-state index is 12.5. The molecule has 5 nitrogen and oxygen atoms in total. The summed E-state index contributed by atoms with van der Waals surface area (Å²) in [5, 5.41) is 7.73. The summed E-state index contributed by atoms with van der Waals surface area (Å²) in [5.41, 5.74) is 3.29. The second-order valence-electron chi connectivity index (χ2n) is 6.93. The van der Waals surface area contributed by atoms with Crippen molar-refractivity contribution in [2.45, 2.75) is 13.2 Å². The molecule has 3 aromatic carbocycles. The monoisotopic (exact) mass is 495 g/mol. The van der Waals surface area contributed by atoms with E-state index in [9.17, 15) is 4.79 Å². The lowest BCUT2D eigenvalue weighted by Gasteiger charge is -2.09. The van der Waals surface area contributed by atoms with Crippen LogP contribution >= 0.6 is 27.5 Å². The maximum atomic E-state index is 12.5. The van der Waals surface area contributed by atoms with Gasteiger partial charge in [0.1, 0.15) is 12.4 Å². The molecular formula is C24H19BrClN3O2. The van der Waals surface area contributed by atoms with E-state index in [1.54, 1.807) is 29.1 Å². The first-order valence-electron chi connectivity index (χ1n) is 9.61. The lowest BCUT2D eigenvalue weighted by atomic mass is 10.1. The Morgan fingerprint density at radius 3 is 2.55 bits per heavy atom. The topological polar surface area (TPSA) is 56.2 Å². The molecule has 4 rings (SSSR count). The highest BCUT2D eigenvalue weighted by atomic mass is 79.9. The lowest BCUT2D eigenvalue weighted by Crippen LogP contribution is -2.11. The summed E-state index contributed by atoms with van der Waals surface area (Å²) in [6.07, 6.45) is 3.46. The van der Waals surface area contributed by atoms with E-state index in [1.807, 2.05) is 60.8 Å². The van der Waals surface area contributed by atoms with Crippen LogP contribution in [0.2, 0.25) is 5.02 Å². The van der Waals surface area contributed by atoms with Crippen LogP contribution in [-0.4, -0.2) is 15.7 Å². The third-order valence-corrected chi connectivity index (χ3v) is 5.37. The molecule has 4 aromatic rings. The number of carbonyl (C=O) groups is 1. The predicted octanol–water partition coefficient (Wildman–Crippen LogP) is 6.18. The van der Waals surface area contributed by atoms with E-state index >= 15 is 0 Å². The number of anilines is 1. The normalized spacial score (nSPS) is 10.6. The van der Waals surface area contributed by atoms with Crippen LogP contribution in [0, 0.1) is 0 Å². The third-order valence-electron chi connectivity index (χ3n) is 4.58. The molecular weight excluding hydrogens is 478 g/mol. The van der Waals surface area contributed by atoms with Crippen molar-refractivity contribution < 1.29 is 9.53 Å². The molecule has 7 heteroatoms. The zero-order chi connectivity index (χ0) is 21.6. The van der Waals surface area contributed by atoms with E-state index in [0.717, 1.165) is 15.6 Å². The van der Waals surface area contributed by atoms with E-state index < -0.39 is 0 Å². The Labute approximate surface area is 193 Å². The van der Waals surface area contributed by atoms with E-state index in [2.05, 4.69) is 26.3 Å². The van der Waals surface area contributed by atoms with Crippen LogP contribution in [0.15, 0.2) is 89.7 Å². The number of nitrogens with zero attached hydrogens (tertiary/aromatic N) is 2. The highest BCUT2D eigenvalue weighted by Crippen LogP contribution is 2.28. The highest BCUT2D eigenvalue weighted by molar-refractivity contribution is 9.10. The van der Waals surface area contributed by atoms with Gasteiger partial charge in [0.15, 0.2) is 0 Å². The van der Waals surface area contributed by atoms with Gasteiger partial charge in [0.2, 0.25) is 0 Å². The summed E-state index contributed by atoms with van der Waals surface area (Å²) in [5.74, 6) is 0.418. The standard InChI is InChI=1S/C24H19BrClN3O2/c25-20-10-11-23(22(26)12-20)31-16-18-6-8-19(9-7-18)24(30)28-21-13-27-29(15-21)14-17-4-2-1-3-5-17/h1-13,15H,14,16H2,(H,28,30). The van der Waals surface area contributed by atoms with Gasteiger partial charge < -0.3 is 10.1 Å². The van der Waals surface area contributed by atoms with Crippen molar-refractivity contribution in [3.63, 3.8) is 0 Å². The van der Waals surface area contributed by atoms with Gasteiger partial charge in [-0.1, -0.05) is 70.0 Å². The average molecular weight is 497 g/mol. The van der Waals surface area contributed by atoms with Crippen molar-refractivity contribution in [1.82, 2.24) is 9.78 Å². The first-order chi connectivity index (χ1) is 15.1. The van der Waals surface area contributed by atoms with Gasteiger partial charge in [0.05, 0.1) is 23.5 Å². The Morgan fingerprint density at radius 1 is 1.03 bits per heavy atom. The van der Waals surface area contributed by atoms with Gasteiger partial charge in [0.25, 0.3) is 5.91 Å². The van der Waals surface area contributed by atoms with Gasteiger partial charge in [0, 0.05) is 16.2 Å². The predicted molar refractivity (Wildman–Crippen MR) is 126 cm³/mol. The summed E-state index contributed by atoms with van der Waals surface area (Å²) in [6.45, 7) is 1.00. The quantitative estimate of drug-likeness (QED) is 0.332. The molecule has 0 aliphatic rings. The minimum Gasteiger partial charge on any atom is -0.487 e. The van der Waals surface area contributed by atoms with E-state index in [4.69, 9.17) is 16.3 Å². The van der Waals surface area contributed by atoms with Crippen molar-refractivity contribution in [1.29, 1.82) is 0 Å². The average Bonchev–Trinajstić information content (AvgIpc) is 3.21. The molecule has 0 aliphatic carbocycles. The van der Waals surface area contributed by atoms with Crippen molar-refractivity contribution in [2.75, 3.05) is 5.32 Å². The smallest absolute Gasteiger partial charge is 0.255 e. The second-order valence-corrected chi connectivity index (χ2v) is 8.25. The molecule has 0 saturated heterocycles. The summed E-state index contributed by atoms with van der Waals surface area (Å²) >= 11 is 9.54. The molecule has 0 radical (unpaired) electrons. The fourth-order valence-electron chi connectivity index (χ4n) is 2.99.